The van der Waals surface area contributed by atoms with E-state index in [0.717, 1.165) is 11.8 Å². The molecule has 1 aliphatic heterocycles. The van der Waals surface area contributed by atoms with Crippen molar-refractivity contribution >= 4 is 55.0 Å². The molecule has 2 rings (SSSR count). The molecule has 1 N–H and O–H groups in total. The quantitative estimate of drug-likeness (QED) is 0.742. The fraction of sp³-hybridized carbons (Fsp3) is 0.438. The van der Waals surface area contributed by atoms with Gasteiger partial charge in [0.05, 0.1) is 10.6 Å². The summed E-state index contributed by atoms with van der Waals surface area (Å²) in [7, 11) is -3.72. The van der Waals surface area contributed by atoms with Gasteiger partial charge in [-0.2, -0.15) is 4.31 Å². The molecular weight excluding hydrogens is 408 g/mol. The molecule has 0 aromatic carbocycles. The average Bonchev–Trinajstić information content (AvgIpc) is 2.94. The third-order valence-corrected chi connectivity index (χ3v) is 8.32. The van der Waals surface area contributed by atoms with Crippen LogP contribution in [0, 0.1) is 6.92 Å². The lowest BCUT2D eigenvalue weighted by Gasteiger charge is -2.33. The van der Waals surface area contributed by atoms with Gasteiger partial charge in [0.2, 0.25) is 21.8 Å². The maximum absolute atomic E-state index is 12.8. The number of hydrogen-bond acceptors (Lipinski definition) is 7. The third kappa shape index (κ3) is 5.18. The van der Waals surface area contributed by atoms with Gasteiger partial charge in [0.1, 0.15) is 4.24 Å². The summed E-state index contributed by atoms with van der Waals surface area (Å²) in [5, 5.41) is 3.04. The number of nitrogens with zero attached hydrogens (tertiary/aromatic N) is 3. The Balaban J connectivity index is 2.05. The zero-order valence-electron chi connectivity index (χ0n) is 15.4. The zero-order valence-corrected chi connectivity index (χ0v) is 17.9. The first-order chi connectivity index (χ1) is 12.5. The van der Waals surface area contributed by atoms with Crippen molar-refractivity contribution in [1.29, 1.82) is 0 Å². The van der Waals surface area contributed by atoms with E-state index in [1.165, 1.54) is 29.5 Å². The van der Waals surface area contributed by atoms with Gasteiger partial charge in [0.15, 0.2) is 5.13 Å². The van der Waals surface area contributed by atoms with Crippen molar-refractivity contribution in [2.24, 2.45) is 0 Å². The zero-order chi connectivity index (χ0) is 20.4. The number of rotatable bonds is 6. The molecule has 1 saturated heterocycles. The Kier molecular flexibility index (Phi) is 6.84. The van der Waals surface area contributed by atoms with Gasteiger partial charge >= 0.3 is 0 Å². The molecule has 0 atom stereocenters. The lowest BCUT2D eigenvalue weighted by molar-refractivity contribution is -0.130. The van der Waals surface area contributed by atoms with Crippen molar-refractivity contribution in [1.82, 2.24) is 14.2 Å². The summed E-state index contributed by atoms with van der Waals surface area (Å²) in [6, 6.07) is 0. The van der Waals surface area contributed by atoms with E-state index in [1.807, 2.05) is 0 Å². The summed E-state index contributed by atoms with van der Waals surface area (Å²) in [5.74, 6) is -0.297. The van der Waals surface area contributed by atoms with Crippen molar-refractivity contribution in [3.63, 3.8) is 0 Å². The van der Waals surface area contributed by atoms with Gasteiger partial charge in [-0.1, -0.05) is 36.3 Å². The van der Waals surface area contributed by atoms with Gasteiger partial charge in [0, 0.05) is 44.9 Å². The average molecular weight is 431 g/mol. The van der Waals surface area contributed by atoms with Crippen LogP contribution in [0.4, 0.5) is 5.13 Å². The molecule has 1 aromatic rings. The van der Waals surface area contributed by atoms with Crippen LogP contribution in [-0.4, -0.2) is 60.6 Å². The summed E-state index contributed by atoms with van der Waals surface area (Å²) in [6.45, 7) is 13.5. The number of thiazole rings is 1. The monoisotopic (exact) mass is 430 g/mol. The molecule has 0 saturated carbocycles. The number of aryl methyl sites for hydroxylation is 1. The SMILES string of the molecule is C=C(SC(=C)S(=O)(=O)N1CCN(C(C)=O)CC1)c1sc(NC(C)=O)nc1C. The van der Waals surface area contributed by atoms with E-state index in [0.29, 0.717) is 33.7 Å². The van der Waals surface area contributed by atoms with Crippen LogP contribution in [0.3, 0.4) is 0 Å². The fourth-order valence-electron chi connectivity index (χ4n) is 2.48. The van der Waals surface area contributed by atoms with Crippen molar-refractivity contribution in [3.8, 4) is 0 Å². The molecule has 27 heavy (non-hydrogen) atoms. The molecular formula is C16H22N4O4S3. The molecule has 11 heteroatoms. The lowest BCUT2D eigenvalue weighted by atomic mass is 10.3. The van der Waals surface area contributed by atoms with Gasteiger partial charge in [0.25, 0.3) is 0 Å². The standard InChI is InChI=1S/C16H22N4O4S3/c1-10-15(26-16(17-10)18-12(3)21)11(2)25-14(5)27(23,24)20-8-6-19(7-9-20)13(4)22/h2,5-9H2,1,3-4H3,(H,17,18,21). The highest BCUT2D eigenvalue weighted by molar-refractivity contribution is 8.23. The Bertz CT molecular complexity index is 883. The molecule has 0 aliphatic carbocycles. The molecule has 1 aromatic heterocycles. The van der Waals surface area contributed by atoms with Crippen molar-refractivity contribution in [2.45, 2.75) is 20.8 Å². The number of hydrogen-bond donors (Lipinski definition) is 1. The highest BCUT2D eigenvalue weighted by atomic mass is 32.3. The van der Waals surface area contributed by atoms with Gasteiger partial charge < -0.3 is 10.2 Å². The Morgan fingerprint density at radius 3 is 2.30 bits per heavy atom. The maximum atomic E-state index is 12.8. The molecule has 1 fully saturated rings. The van der Waals surface area contributed by atoms with E-state index in [4.69, 9.17) is 0 Å². The van der Waals surface area contributed by atoms with Crippen LogP contribution in [0.5, 0.6) is 0 Å². The molecule has 2 heterocycles. The molecule has 8 nitrogen and oxygen atoms in total. The van der Waals surface area contributed by atoms with Crippen LogP contribution in [-0.2, 0) is 19.6 Å². The van der Waals surface area contributed by atoms with Crippen LogP contribution in [0.15, 0.2) is 17.4 Å². The highest BCUT2D eigenvalue weighted by Crippen LogP contribution is 2.40. The number of anilines is 1. The number of aromatic nitrogens is 1. The Morgan fingerprint density at radius 2 is 1.78 bits per heavy atom. The summed E-state index contributed by atoms with van der Waals surface area (Å²) >= 11 is 2.20. The van der Waals surface area contributed by atoms with Crippen molar-refractivity contribution in [3.05, 3.63) is 28.0 Å². The van der Waals surface area contributed by atoms with Crippen molar-refractivity contribution < 1.29 is 18.0 Å². The molecule has 0 radical (unpaired) electrons. The van der Waals surface area contributed by atoms with E-state index in [9.17, 15) is 18.0 Å². The van der Waals surface area contributed by atoms with Gasteiger partial charge in [-0.25, -0.2) is 13.4 Å². The number of thioether (sulfide) groups is 1. The minimum atomic E-state index is -3.72. The summed E-state index contributed by atoms with van der Waals surface area (Å²) in [4.78, 5) is 29.6. The summed E-state index contributed by atoms with van der Waals surface area (Å²) in [5.41, 5.74) is 0.654. The molecule has 1 aliphatic rings. The van der Waals surface area contributed by atoms with Crippen molar-refractivity contribution in [2.75, 3.05) is 31.5 Å². The second-order valence-electron chi connectivity index (χ2n) is 5.92. The van der Waals surface area contributed by atoms with Gasteiger partial charge in [-0.3, -0.25) is 9.59 Å². The van der Waals surface area contributed by atoms with Crippen LogP contribution >= 0.6 is 23.1 Å². The molecule has 2 amide bonds. The second-order valence-corrected chi connectivity index (χ2v) is 10.3. The summed E-state index contributed by atoms with van der Waals surface area (Å²) in [6.07, 6.45) is 0. The summed E-state index contributed by atoms with van der Waals surface area (Å²) < 4.78 is 26.8. The first-order valence-electron chi connectivity index (χ1n) is 8.09. The second kappa shape index (κ2) is 8.55. The number of carbonyl (C=O) groups is 2. The van der Waals surface area contributed by atoms with E-state index < -0.39 is 10.0 Å². The van der Waals surface area contributed by atoms with E-state index in [2.05, 4.69) is 23.5 Å². The smallest absolute Gasteiger partial charge is 0.248 e. The minimum absolute atomic E-state index is 0.0300. The van der Waals surface area contributed by atoms with E-state index in [1.54, 1.807) is 11.8 Å². The maximum Gasteiger partial charge on any atom is 0.248 e. The number of nitrogens with one attached hydrogen (secondary N) is 1. The Morgan fingerprint density at radius 1 is 1.19 bits per heavy atom. The number of sulfonamides is 1. The highest BCUT2D eigenvalue weighted by Gasteiger charge is 2.31. The molecule has 148 valence electrons. The molecule has 0 unspecified atom stereocenters. The predicted octanol–water partition coefficient (Wildman–Crippen LogP) is 2.08. The topological polar surface area (TPSA) is 99.7 Å². The lowest BCUT2D eigenvalue weighted by Crippen LogP contribution is -2.49. The number of piperazine rings is 1. The Hall–Kier alpha value is -1.69. The molecule has 0 bridgehead atoms. The largest absolute Gasteiger partial charge is 0.340 e. The first kappa shape index (κ1) is 21.6. The minimum Gasteiger partial charge on any atom is -0.340 e. The van der Waals surface area contributed by atoms with E-state index >= 15 is 0 Å². The third-order valence-electron chi connectivity index (χ3n) is 3.88. The normalized spacial score (nSPS) is 15.4. The van der Waals surface area contributed by atoms with E-state index in [-0.39, 0.29) is 29.1 Å². The number of carbonyl (C=O) groups excluding carboxylic acids is 2. The van der Waals surface area contributed by atoms with Gasteiger partial charge in [-0.15, -0.1) is 0 Å². The van der Waals surface area contributed by atoms with Crippen LogP contribution < -0.4 is 5.32 Å². The first-order valence-corrected chi connectivity index (χ1v) is 11.2. The Labute approximate surface area is 167 Å². The molecule has 0 spiro atoms. The van der Waals surface area contributed by atoms with Crippen LogP contribution in [0.2, 0.25) is 0 Å². The van der Waals surface area contributed by atoms with Crippen LogP contribution in [0.25, 0.3) is 4.91 Å². The number of amides is 2. The van der Waals surface area contributed by atoms with Gasteiger partial charge in [-0.05, 0) is 6.92 Å². The predicted molar refractivity (Wildman–Crippen MR) is 110 cm³/mol. The fourth-order valence-corrected chi connectivity index (χ4v) is 6.10. The van der Waals surface area contributed by atoms with Crippen LogP contribution in [0.1, 0.15) is 24.4 Å².